The first kappa shape index (κ1) is 18.2. The van der Waals surface area contributed by atoms with E-state index in [1.54, 1.807) is 12.1 Å². The minimum absolute atomic E-state index is 0.0258. The van der Waals surface area contributed by atoms with Crippen LogP contribution in [0.1, 0.15) is 58.4 Å². The molecular weight excluding hydrogens is 324 g/mol. The van der Waals surface area contributed by atoms with Gasteiger partial charge in [-0.25, -0.2) is 0 Å². The van der Waals surface area contributed by atoms with Crippen molar-refractivity contribution in [2.75, 3.05) is 6.54 Å². The highest BCUT2D eigenvalue weighted by molar-refractivity contribution is 5.96. The Hall–Kier alpha value is -2.62. The van der Waals surface area contributed by atoms with Crippen LogP contribution in [-0.4, -0.2) is 18.4 Å². The third-order valence-corrected chi connectivity index (χ3v) is 4.97. The molecule has 2 amide bonds. The van der Waals surface area contributed by atoms with Gasteiger partial charge in [0.25, 0.3) is 5.91 Å². The number of amides is 2. The van der Waals surface area contributed by atoms with Gasteiger partial charge in [0.2, 0.25) is 5.91 Å². The number of nitrogens with one attached hydrogen (secondary N) is 2. The van der Waals surface area contributed by atoms with Crippen LogP contribution in [0.15, 0.2) is 42.5 Å². The van der Waals surface area contributed by atoms with E-state index in [4.69, 9.17) is 0 Å². The van der Waals surface area contributed by atoms with E-state index < -0.39 is 0 Å². The van der Waals surface area contributed by atoms with Crippen LogP contribution in [0.5, 0.6) is 0 Å². The molecule has 3 rings (SSSR count). The fourth-order valence-electron chi connectivity index (χ4n) is 3.37. The molecule has 4 heteroatoms. The Kier molecular flexibility index (Phi) is 5.71. The van der Waals surface area contributed by atoms with Gasteiger partial charge in [0.15, 0.2) is 0 Å². The average Bonchev–Trinajstić information content (AvgIpc) is 2.66. The quantitative estimate of drug-likeness (QED) is 0.867. The lowest BCUT2D eigenvalue weighted by Gasteiger charge is -2.20. The third-order valence-electron chi connectivity index (χ3n) is 4.97. The van der Waals surface area contributed by atoms with Crippen molar-refractivity contribution in [2.45, 2.75) is 45.6 Å². The first-order chi connectivity index (χ1) is 12.5. The van der Waals surface area contributed by atoms with Gasteiger partial charge < -0.3 is 10.6 Å². The zero-order valence-corrected chi connectivity index (χ0v) is 15.5. The Morgan fingerprint density at radius 3 is 2.42 bits per heavy atom. The lowest BCUT2D eigenvalue weighted by Crippen LogP contribution is -2.38. The van der Waals surface area contributed by atoms with E-state index in [-0.39, 0.29) is 24.4 Å². The smallest absolute Gasteiger partial charge is 0.251 e. The van der Waals surface area contributed by atoms with E-state index in [2.05, 4.69) is 28.8 Å². The number of aryl methyl sites for hydroxylation is 3. The van der Waals surface area contributed by atoms with E-state index >= 15 is 0 Å². The van der Waals surface area contributed by atoms with Gasteiger partial charge in [0.1, 0.15) is 0 Å². The molecule has 0 saturated carbocycles. The second kappa shape index (κ2) is 8.17. The summed E-state index contributed by atoms with van der Waals surface area (Å²) in [7, 11) is 0. The van der Waals surface area contributed by atoms with Crippen LogP contribution in [0.3, 0.4) is 0 Å². The van der Waals surface area contributed by atoms with E-state index in [0.29, 0.717) is 5.56 Å². The summed E-state index contributed by atoms with van der Waals surface area (Å²) in [6, 6.07) is 13.7. The molecule has 1 unspecified atom stereocenters. The van der Waals surface area contributed by atoms with E-state index in [0.717, 1.165) is 24.0 Å². The van der Waals surface area contributed by atoms with Crippen molar-refractivity contribution < 1.29 is 9.59 Å². The standard InChI is InChI=1S/C22H26N2O2/c1-15-7-9-18(10-8-15)22(26)23-14-21(25)24-16(2)19-12-11-17-5-3-4-6-20(17)13-19/h7-13,16H,3-6,14H2,1-2H3,(H,23,26)(H,24,25). The normalized spacial score (nSPS) is 14.2. The molecule has 0 radical (unpaired) electrons. The number of fused-ring (bicyclic) bond motifs is 1. The van der Waals surface area contributed by atoms with Gasteiger partial charge in [0, 0.05) is 5.56 Å². The molecule has 1 aliphatic rings. The number of carbonyl (C=O) groups excluding carboxylic acids is 2. The Bertz CT molecular complexity index is 796. The van der Waals surface area contributed by atoms with E-state index in [9.17, 15) is 9.59 Å². The zero-order chi connectivity index (χ0) is 18.5. The van der Waals surface area contributed by atoms with Crippen molar-refractivity contribution in [2.24, 2.45) is 0 Å². The van der Waals surface area contributed by atoms with E-state index in [1.165, 1.54) is 24.0 Å². The number of benzene rings is 2. The molecule has 0 saturated heterocycles. The SMILES string of the molecule is Cc1ccc(C(=O)NCC(=O)NC(C)c2ccc3c(c2)CCCC3)cc1. The van der Waals surface area contributed by atoms with Crippen molar-refractivity contribution >= 4 is 11.8 Å². The van der Waals surface area contributed by atoms with Gasteiger partial charge >= 0.3 is 0 Å². The van der Waals surface area contributed by atoms with Crippen LogP contribution in [0.25, 0.3) is 0 Å². The molecule has 2 aromatic rings. The lowest BCUT2D eigenvalue weighted by molar-refractivity contribution is -0.120. The molecule has 4 nitrogen and oxygen atoms in total. The van der Waals surface area contributed by atoms with Crippen molar-refractivity contribution in [1.29, 1.82) is 0 Å². The van der Waals surface area contributed by atoms with Crippen LogP contribution in [0.4, 0.5) is 0 Å². The maximum absolute atomic E-state index is 12.2. The van der Waals surface area contributed by atoms with Gasteiger partial charge in [-0.3, -0.25) is 9.59 Å². The second-order valence-corrected chi connectivity index (χ2v) is 7.07. The molecule has 0 aromatic heterocycles. The third kappa shape index (κ3) is 4.51. The molecule has 0 heterocycles. The Morgan fingerprint density at radius 1 is 1.00 bits per heavy atom. The molecule has 136 valence electrons. The minimum atomic E-state index is -0.235. The first-order valence-electron chi connectivity index (χ1n) is 9.29. The number of hydrogen-bond donors (Lipinski definition) is 2. The maximum Gasteiger partial charge on any atom is 0.251 e. The van der Waals surface area contributed by atoms with Crippen LogP contribution in [-0.2, 0) is 17.6 Å². The summed E-state index contributed by atoms with van der Waals surface area (Å²) in [4.78, 5) is 24.3. The molecule has 26 heavy (non-hydrogen) atoms. The molecule has 2 N–H and O–H groups in total. The van der Waals surface area contributed by atoms with E-state index in [1.807, 2.05) is 26.0 Å². The van der Waals surface area contributed by atoms with Gasteiger partial charge in [-0.1, -0.05) is 35.9 Å². The summed E-state index contributed by atoms with van der Waals surface area (Å²) >= 11 is 0. The first-order valence-corrected chi connectivity index (χ1v) is 9.29. The summed E-state index contributed by atoms with van der Waals surface area (Å²) in [6.07, 6.45) is 4.78. The minimum Gasteiger partial charge on any atom is -0.348 e. The summed E-state index contributed by atoms with van der Waals surface area (Å²) in [5.41, 5.74) is 5.61. The fourth-order valence-corrected chi connectivity index (χ4v) is 3.37. The average molecular weight is 350 g/mol. The second-order valence-electron chi connectivity index (χ2n) is 7.07. The number of hydrogen-bond acceptors (Lipinski definition) is 2. The summed E-state index contributed by atoms with van der Waals surface area (Å²) in [5, 5.41) is 5.64. The van der Waals surface area contributed by atoms with Gasteiger partial charge in [-0.2, -0.15) is 0 Å². The Morgan fingerprint density at radius 2 is 1.69 bits per heavy atom. The van der Waals surface area contributed by atoms with Crippen molar-refractivity contribution in [1.82, 2.24) is 10.6 Å². The largest absolute Gasteiger partial charge is 0.348 e. The van der Waals surface area contributed by atoms with Gasteiger partial charge in [0.05, 0.1) is 12.6 Å². The zero-order valence-electron chi connectivity index (χ0n) is 15.5. The molecule has 0 spiro atoms. The molecule has 1 atom stereocenters. The van der Waals surface area contributed by atoms with Crippen LogP contribution < -0.4 is 10.6 Å². The summed E-state index contributed by atoms with van der Waals surface area (Å²) < 4.78 is 0. The molecule has 2 aromatic carbocycles. The van der Waals surface area contributed by atoms with Gasteiger partial charge in [-0.15, -0.1) is 0 Å². The predicted octanol–water partition coefficient (Wildman–Crippen LogP) is 3.48. The maximum atomic E-state index is 12.2. The predicted molar refractivity (Wildman–Crippen MR) is 103 cm³/mol. The summed E-state index contributed by atoms with van der Waals surface area (Å²) in [6.45, 7) is 3.92. The van der Waals surface area contributed by atoms with Crippen molar-refractivity contribution in [3.8, 4) is 0 Å². The highest BCUT2D eigenvalue weighted by Gasteiger charge is 2.15. The van der Waals surface area contributed by atoms with Gasteiger partial charge in [-0.05, 0) is 68.4 Å². The monoisotopic (exact) mass is 350 g/mol. The molecule has 0 fully saturated rings. The topological polar surface area (TPSA) is 58.2 Å². The van der Waals surface area contributed by atoms with Crippen LogP contribution in [0.2, 0.25) is 0 Å². The van der Waals surface area contributed by atoms with Crippen molar-refractivity contribution in [3.05, 3.63) is 70.3 Å². The number of carbonyl (C=O) groups is 2. The lowest BCUT2D eigenvalue weighted by atomic mass is 9.89. The molecule has 0 aliphatic heterocycles. The van der Waals surface area contributed by atoms with Crippen LogP contribution in [0, 0.1) is 6.92 Å². The highest BCUT2D eigenvalue weighted by Crippen LogP contribution is 2.24. The van der Waals surface area contributed by atoms with Crippen molar-refractivity contribution in [3.63, 3.8) is 0 Å². The molecule has 1 aliphatic carbocycles. The molecular formula is C22H26N2O2. The fraction of sp³-hybridized carbons (Fsp3) is 0.364. The van der Waals surface area contributed by atoms with Crippen LogP contribution >= 0.6 is 0 Å². The molecule has 0 bridgehead atoms. The highest BCUT2D eigenvalue weighted by atomic mass is 16.2. The number of rotatable bonds is 5. The summed E-state index contributed by atoms with van der Waals surface area (Å²) in [5.74, 6) is -0.419. The Labute approximate surface area is 155 Å². The Balaban J connectivity index is 1.52.